The number of para-hydroxylation sites is 2. The topological polar surface area (TPSA) is 68.8 Å². The lowest BCUT2D eigenvalue weighted by molar-refractivity contribution is 0.0922. The van der Waals surface area contributed by atoms with Crippen molar-refractivity contribution in [3.63, 3.8) is 0 Å². The number of carbonyl (C=O) groups excluding carboxylic acids is 1. The number of nitrogens with one attached hydrogen (secondary N) is 2. The molecule has 0 aromatic heterocycles. The summed E-state index contributed by atoms with van der Waals surface area (Å²) in [4.78, 5) is 12.0. The molecule has 2 aromatic carbocycles. The van der Waals surface area contributed by atoms with E-state index < -0.39 is 0 Å². The van der Waals surface area contributed by atoms with Crippen molar-refractivity contribution in [2.75, 3.05) is 25.1 Å². The number of hydrogen-bond acceptors (Lipinski definition) is 4. The van der Waals surface area contributed by atoms with Crippen molar-refractivity contribution >= 4 is 11.7 Å². The van der Waals surface area contributed by atoms with E-state index in [1.807, 2.05) is 43.3 Å². The summed E-state index contributed by atoms with van der Waals surface area (Å²) in [6.45, 7) is 3.30. The van der Waals surface area contributed by atoms with E-state index in [4.69, 9.17) is 14.2 Å². The SMILES string of the molecule is CCOc1ccc(NC(=O)NCC2COc3ccccc3O2)cc1. The van der Waals surface area contributed by atoms with Crippen molar-refractivity contribution in [1.82, 2.24) is 5.32 Å². The Morgan fingerprint density at radius 2 is 1.92 bits per heavy atom. The third-order valence-corrected chi connectivity index (χ3v) is 3.48. The molecule has 24 heavy (non-hydrogen) atoms. The van der Waals surface area contributed by atoms with E-state index in [-0.39, 0.29) is 12.1 Å². The molecule has 2 N–H and O–H groups in total. The fourth-order valence-corrected chi connectivity index (χ4v) is 2.35. The second-order valence-electron chi connectivity index (χ2n) is 5.29. The van der Waals surface area contributed by atoms with Crippen LogP contribution in [0.15, 0.2) is 48.5 Å². The standard InChI is InChI=1S/C18H20N2O4/c1-2-22-14-9-7-13(8-10-14)20-18(21)19-11-15-12-23-16-5-3-4-6-17(16)24-15/h3-10,15H,2,11-12H2,1H3,(H2,19,20,21). The van der Waals surface area contributed by atoms with Gasteiger partial charge < -0.3 is 24.8 Å². The zero-order chi connectivity index (χ0) is 16.8. The predicted octanol–water partition coefficient (Wildman–Crippen LogP) is 3.05. The fourth-order valence-electron chi connectivity index (χ4n) is 2.35. The van der Waals surface area contributed by atoms with Gasteiger partial charge in [0.25, 0.3) is 0 Å². The van der Waals surface area contributed by atoms with Crippen LogP contribution in [0, 0.1) is 0 Å². The molecule has 0 saturated heterocycles. The maximum Gasteiger partial charge on any atom is 0.319 e. The van der Waals surface area contributed by atoms with E-state index in [0.29, 0.717) is 31.2 Å². The van der Waals surface area contributed by atoms with Crippen LogP contribution in [0.25, 0.3) is 0 Å². The molecule has 0 spiro atoms. The highest BCUT2D eigenvalue weighted by Gasteiger charge is 2.20. The lowest BCUT2D eigenvalue weighted by atomic mass is 10.2. The first-order chi connectivity index (χ1) is 11.7. The molecule has 6 heteroatoms. The molecule has 126 valence electrons. The molecule has 2 amide bonds. The predicted molar refractivity (Wildman–Crippen MR) is 91.0 cm³/mol. The lowest BCUT2D eigenvalue weighted by Gasteiger charge is -2.26. The van der Waals surface area contributed by atoms with Gasteiger partial charge in [0.05, 0.1) is 13.2 Å². The first kappa shape index (κ1) is 16.0. The van der Waals surface area contributed by atoms with E-state index in [2.05, 4.69) is 10.6 Å². The van der Waals surface area contributed by atoms with Crippen LogP contribution in [-0.4, -0.2) is 31.9 Å². The molecule has 0 radical (unpaired) electrons. The van der Waals surface area contributed by atoms with Gasteiger partial charge in [-0.25, -0.2) is 4.79 Å². The van der Waals surface area contributed by atoms with Gasteiger partial charge in [-0.1, -0.05) is 12.1 Å². The number of fused-ring (bicyclic) bond motifs is 1. The monoisotopic (exact) mass is 328 g/mol. The minimum absolute atomic E-state index is 0.217. The summed E-state index contributed by atoms with van der Waals surface area (Å²) in [7, 11) is 0. The van der Waals surface area contributed by atoms with Crippen molar-refractivity contribution in [2.45, 2.75) is 13.0 Å². The van der Waals surface area contributed by atoms with E-state index >= 15 is 0 Å². The van der Waals surface area contributed by atoms with Crippen molar-refractivity contribution in [2.24, 2.45) is 0 Å². The number of rotatable bonds is 5. The van der Waals surface area contributed by atoms with Gasteiger partial charge >= 0.3 is 6.03 Å². The highest BCUT2D eigenvalue weighted by molar-refractivity contribution is 5.89. The highest BCUT2D eigenvalue weighted by atomic mass is 16.6. The molecule has 3 rings (SSSR count). The molecule has 1 unspecified atom stereocenters. The minimum Gasteiger partial charge on any atom is -0.494 e. The Labute approximate surface area is 140 Å². The first-order valence-corrected chi connectivity index (χ1v) is 7.91. The summed E-state index contributed by atoms with van der Waals surface area (Å²) in [5, 5.41) is 5.55. The van der Waals surface area contributed by atoms with Crippen LogP contribution < -0.4 is 24.8 Å². The number of anilines is 1. The number of hydrogen-bond donors (Lipinski definition) is 2. The van der Waals surface area contributed by atoms with Gasteiger partial charge in [0.2, 0.25) is 0 Å². The third kappa shape index (κ3) is 4.10. The summed E-state index contributed by atoms with van der Waals surface area (Å²) in [5.74, 6) is 2.20. The van der Waals surface area contributed by atoms with Gasteiger partial charge in [-0.15, -0.1) is 0 Å². The van der Waals surface area contributed by atoms with Gasteiger partial charge in [0, 0.05) is 5.69 Å². The average Bonchev–Trinajstić information content (AvgIpc) is 2.62. The first-order valence-electron chi connectivity index (χ1n) is 7.91. The Balaban J connectivity index is 1.46. The molecular formula is C18H20N2O4. The summed E-state index contributed by atoms with van der Waals surface area (Å²) in [6, 6.07) is 14.4. The molecule has 1 heterocycles. The van der Waals surface area contributed by atoms with Crippen molar-refractivity contribution < 1.29 is 19.0 Å². The largest absolute Gasteiger partial charge is 0.494 e. The van der Waals surface area contributed by atoms with Crippen LogP contribution in [0.1, 0.15) is 6.92 Å². The van der Waals surface area contributed by atoms with Gasteiger partial charge in [-0.3, -0.25) is 0 Å². The van der Waals surface area contributed by atoms with E-state index in [1.54, 1.807) is 12.1 Å². The molecule has 0 saturated carbocycles. The number of benzene rings is 2. The fraction of sp³-hybridized carbons (Fsp3) is 0.278. The smallest absolute Gasteiger partial charge is 0.319 e. The van der Waals surface area contributed by atoms with Crippen LogP contribution in [0.4, 0.5) is 10.5 Å². The number of urea groups is 1. The summed E-state index contributed by atoms with van der Waals surface area (Å²) < 4.78 is 16.8. The second-order valence-corrected chi connectivity index (χ2v) is 5.29. The molecular weight excluding hydrogens is 308 g/mol. The van der Waals surface area contributed by atoms with Crippen LogP contribution in [0.5, 0.6) is 17.2 Å². The number of carbonyl (C=O) groups is 1. The molecule has 0 aliphatic carbocycles. The van der Waals surface area contributed by atoms with Crippen molar-refractivity contribution in [1.29, 1.82) is 0 Å². The Kier molecular flexibility index (Phi) is 5.05. The van der Waals surface area contributed by atoms with Gasteiger partial charge in [0.1, 0.15) is 12.4 Å². The zero-order valence-corrected chi connectivity index (χ0v) is 13.5. The van der Waals surface area contributed by atoms with Crippen LogP contribution in [0.3, 0.4) is 0 Å². The molecule has 1 aliphatic rings. The van der Waals surface area contributed by atoms with E-state index in [1.165, 1.54) is 0 Å². The van der Waals surface area contributed by atoms with Crippen molar-refractivity contribution in [3.05, 3.63) is 48.5 Å². The summed E-state index contributed by atoms with van der Waals surface area (Å²) >= 11 is 0. The number of amides is 2. The number of ether oxygens (including phenoxy) is 3. The third-order valence-electron chi connectivity index (χ3n) is 3.48. The minimum atomic E-state index is -0.290. The molecule has 6 nitrogen and oxygen atoms in total. The lowest BCUT2D eigenvalue weighted by Crippen LogP contribution is -2.42. The maximum atomic E-state index is 12.0. The normalized spacial score (nSPS) is 15.5. The maximum absolute atomic E-state index is 12.0. The second kappa shape index (κ2) is 7.59. The van der Waals surface area contributed by atoms with Crippen LogP contribution >= 0.6 is 0 Å². The molecule has 0 bridgehead atoms. The average molecular weight is 328 g/mol. The van der Waals surface area contributed by atoms with Crippen LogP contribution in [-0.2, 0) is 0 Å². The van der Waals surface area contributed by atoms with Gasteiger partial charge in [-0.2, -0.15) is 0 Å². The highest BCUT2D eigenvalue weighted by Crippen LogP contribution is 2.30. The quantitative estimate of drug-likeness (QED) is 0.885. The van der Waals surface area contributed by atoms with Gasteiger partial charge in [-0.05, 0) is 43.3 Å². The Bertz CT molecular complexity index is 688. The molecule has 1 aliphatic heterocycles. The Morgan fingerprint density at radius 3 is 2.67 bits per heavy atom. The van der Waals surface area contributed by atoms with E-state index in [0.717, 1.165) is 11.5 Å². The summed E-state index contributed by atoms with van der Waals surface area (Å²) in [6.07, 6.45) is -0.217. The zero-order valence-electron chi connectivity index (χ0n) is 13.5. The molecule has 0 fully saturated rings. The summed E-state index contributed by atoms with van der Waals surface area (Å²) in [5.41, 5.74) is 0.696. The Hall–Kier alpha value is -2.89. The van der Waals surface area contributed by atoms with E-state index in [9.17, 15) is 4.79 Å². The Morgan fingerprint density at radius 1 is 1.17 bits per heavy atom. The van der Waals surface area contributed by atoms with Crippen molar-refractivity contribution in [3.8, 4) is 17.2 Å². The molecule has 1 atom stereocenters. The van der Waals surface area contributed by atoms with Gasteiger partial charge in [0.15, 0.2) is 17.6 Å². The van der Waals surface area contributed by atoms with Crippen LogP contribution in [0.2, 0.25) is 0 Å². The molecule has 2 aromatic rings.